The highest BCUT2D eigenvalue weighted by Gasteiger charge is 2.21. The Labute approximate surface area is 290 Å². The summed E-state index contributed by atoms with van der Waals surface area (Å²) >= 11 is 0. The number of hydrogen-bond donors (Lipinski definition) is 0. The molecule has 0 unspecified atom stereocenters. The second-order valence-corrected chi connectivity index (χ2v) is 12.7. The molecule has 11 rings (SSSR count). The molecule has 0 amide bonds. The lowest BCUT2D eigenvalue weighted by molar-refractivity contribution is 0.668. The molecule has 7 aromatic carbocycles. The summed E-state index contributed by atoms with van der Waals surface area (Å²) in [6.45, 7) is 0. The molecule has 0 aliphatic heterocycles. The summed E-state index contributed by atoms with van der Waals surface area (Å²) in [7, 11) is 0. The van der Waals surface area contributed by atoms with Crippen LogP contribution in [0.25, 0.3) is 111 Å². The molecule has 238 valence electrons. The van der Waals surface area contributed by atoms with E-state index in [2.05, 4.69) is 48.5 Å². The van der Waals surface area contributed by atoms with E-state index in [0.29, 0.717) is 17.5 Å². The molecular formula is C45H25N3O3. The van der Waals surface area contributed by atoms with Gasteiger partial charge in [-0.05, 0) is 42.0 Å². The van der Waals surface area contributed by atoms with Crippen LogP contribution in [0, 0.1) is 0 Å². The zero-order chi connectivity index (χ0) is 33.5. The minimum Gasteiger partial charge on any atom is -0.456 e. The number of hydrogen-bond acceptors (Lipinski definition) is 6. The van der Waals surface area contributed by atoms with Crippen molar-refractivity contribution >= 4 is 65.8 Å². The third kappa shape index (κ3) is 4.26. The average molecular weight is 656 g/mol. The molecular weight excluding hydrogens is 631 g/mol. The summed E-state index contributed by atoms with van der Waals surface area (Å²) in [6.07, 6.45) is 0. The lowest BCUT2D eigenvalue weighted by atomic mass is 10.00. The number of furan rings is 3. The quantitative estimate of drug-likeness (QED) is 0.188. The van der Waals surface area contributed by atoms with Gasteiger partial charge in [-0.25, -0.2) is 15.0 Å². The van der Waals surface area contributed by atoms with Crippen LogP contribution in [0.5, 0.6) is 0 Å². The topological polar surface area (TPSA) is 78.1 Å². The van der Waals surface area contributed by atoms with Crippen LogP contribution in [-0.4, -0.2) is 15.0 Å². The predicted octanol–water partition coefficient (Wildman–Crippen LogP) is 12.2. The van der Waals surface area contributed by atoms with E-state index in [0.717, 1.165) is 93.6 Å². The highest BCUT2D eigenvalue weighted by molar-refractivity contribution is 6.14. The Kier molecular flexibility index (Phi) is 5.86. The van der Waals surface area contributed by atoms with E-state index in [1.807, 2.05) is 103 Å². The van der Waals surface area contributed by atoms with Crippen LogP contribution in [0.4, 0.5) is 0 Å². The van der Waals surface area contributed by atoms with Gasteiger partial charge in [0.25, 0.3) is 0 Å². The van der Waals surface area contributed by atoms with Gasteiger partial charge in [0.05, 0.1) is 5.56 Å². The van der Waals surface area contributed by atoms with Crippen molar-refractivity contribution in [2.24, 2.45) is 0 Å². The van der Waals surface area contributed by atoms with E-state index < -0.39 is 0 Å². The van der Waals surface area contributed by atoms with Gasteiger partial charge < -0.3 is 13.3 Å². The van der Waals surface area contributed by atoms with Crippen LogP contribution in [0.3, 0.4) is 0 Å². The summed E-state index contributed by atoms with van der Waals surface area (Å²) in [4.78, 5) is 15.2. The van der Waals surface area contributed by atoms with Crippen LogP contribution in [0.1, 0.15) is 0 Å². The van der Waals surface area contributed by atoms with Crippen molar-refractivity contribution < 1.29 is 13.3 Å². The lowest BCUT2D eigenvalue weighted by Crippen LogP contribution is -2.00. The average Bonchev–Trinajstić information content (AvgIpc) is 3.89. The number of para-hydroxylation sites is 4. The third-order valence-electron chi connectivity index (χ3n) is 9.76. The lowest BCUT2D eigenvalue weighted by Gasteiger charge is -2.09. The number of nitrogens with zero attached hydrogens (tertiary/aromatic N) is 3. The molecule has 11 aromatic rings. The number of aromatic nitrogens is 3. The van der Waals surface area contributed by atoms with Crippen LogP contribution in [-0.2, 0) is 0 Å². The number of benzene rings is 7. The third-order valence-corrected chi connectivity index (χ3v) is 9.76. The SMILES string of the molecule is c1ccc(-c2nc(-c3cccc4c3oc3ccc(-c5cccc6c5oc5ccccc56)cc34)nc(-c3cccc4oc5ccccc5c34)n2)cc1. The van der Waals surface area contributed by atoms with E-state index in [-0.39, 0.29) is 0 Å². The fourth-order valence-electron chi connectivity index (χ4n) is 7.41. The molecule has 0 spiro atoms. The summed E-state index contributed by atoms with van der Waals surface area (Å²) in [5, 5.41) is 6.18. The molecule has 4 heterocycles. The van der Waals surface area contributed by atoms with E-state index in [4.69, 9.17) is 28.2 Å². The van der Waals surface area contributed by atoms with Crippen LogP contribution < -0.4 is 0 Å². The minimum absolute atomic E-state index is 0.528. The van der Waals surface area contributed by atoms with Gasteiger partial charge >= 0.3 is 0 Å². The van der Waals surface area contributed by atoms with Gasteiger partial charge in [-0.1, -0.05) is 115 Å². The number of rotatable bonds is 4. The van der Waals surface area contributed by atoms with E-state index in [9.17, 15) is 0 Å². The molecule has 0 bridgehead atoms. The van der Waals surface area contributed by atoms with Crippen molar-refractivity contribution in [2.45, 2.75) is 0 Å². The zero-order valence-electron chi connectivity index (χ0n) is 27.0. The van der Waals surface area contributed by atoms with Crippen molar-refractivity contribution in [2.75, 3.05) is 0 Å². The first-order valence-corrected chi connectivity index (χ1v) is 16.9. The van der Waals surface area contributed by atoms with E-state index >= 15 is 0 Å². The summed E-state index contributed by atoms with van der Waals surface area (Å²) < 4.78 is 19.2. The van der Waals surface area contributed by atoms with Gasteiger partial charge in [0.1, 0.15) is 33.5 Å². The van der Waals surface area contributed by atoms with Crippen LogP contribution in [0.15, 0.2) is 165 Å². The molecule has 0 aliphatic rings. The minimum atomic E-state index is 0.528. The summed E-state index contributed by atoms with van der Waals surface area (Å²) in [6, 6.07) is 51.0. The molecule has 51 heavy (non-hydrogen) atoms. The van der Waals surface area contributed by atoms with Gasteiger partial charge in [-0.2, -0.15) is 0 Å². The maximum atomic E-state index is 6.63. The first kappa shape index (κ1) is 27.9. The Morgan fingerprint density at radius 2 is 0.863 bits per heavy atom. The number of fused-ring (bicyclic) bond motifs is 9. The molecule has 0 radical (unpaired) electrons. The normalized spacial score (nSPS) is 11.9. The second kappa shape index (κ2) is 10.7. The molecule has 4 aromatic heterocycles. The summed E-state index contributed by atoms with van der Waals surface area (Å²) in [5.41, 5.74) is 9.50. The molecule has 0 saturated heterocycles. The first-order chi connectivity index (χ1) is 25.3. The van der Waals surface area contributed by atoms with E-state index in [1.54, 1.807) is 0 Å². The molecule has 0 aliphatic carbocycles. The van der Waals surface area contributed by atoms with Crippen molar-refractivity contribution in [3.05, 3.63) is 152 Å². The Morgan fingerprint density at radius 3 is 1.69 bits per heavy atom. The van der Waals surface area contributed by atoms with Gasteiger partial charge in [-0.3, -0.25) is 0 Å². The van der Waals surface area contributed by atoms with Crippen molar-refractivity contribution in [3.8, 4) is 45.3 Å². The highest BCUT2D eigenvalue weighted by Crippen LogP contribution is 2.41. The second-order valence-electron chi connectivity index (χ2n) is 12.7. The Bertz CT molecular complexity index is 3150. The Hall–Kier alpha value is -7.05. The fraction of sp³-hybridized carbons (Fsp3) is 0. The molecule has 0 N–H and O–H groups in total. The van der Waals surface area contributed by atoms with Gasteiger partial charge in [0.2, 0.25) is 0 Å². The first-order valence-electron chi connectivity index (χ1n) is 16.9. The predicted molar refractivity (Wildman–Crippen MR) is 203 cm³/mol. The fourth-order valence-corrected chi connectivity index (χ4v) is 7.41. The molecule has 0 atom stereocenters. The van der Waals surface area contributed by atoms with E-state index in [1.165, 1.54) is 0 Å². The smallest absolute Gasteiger partial charge is 0.167 e. The van der Waals surface area contributed by atoms with Gasteiger partial charge in [0, 0.05) is 49.0 Å². The molecule has 0 fully saturated rings. The Morgan fingerprint density at radius 1 is 0.314 bits per heavy atom. The highest BCUT2D eigenvalue weighted by atomic mass is 16.3. The molecule has 6 heteroatoms. The van der Waals surface area contributed by atoms with Gasteiger partial charge in [0.15, 0.2) is 17.5 Å². The van der Waals surface area contributed by atoms with Crippen LogP contribution >= 0.6 is 0 Å². The standard InChI is InChI=1S/C45H25N3O3/c1-2-11-26(12-3-1)43-46-44(33-18-10-22-39-40(33)32-14-5-7-21-37(32)49-39)48-45(47-43)34-19-9-17-31-35-25-27(23-24-38(35)51-42(31)34)28-15-8-16-30-29-13-4-6-20-36(29)50-41(28)30/h1-25H. The molecule has 0 saturated carbocycles. The summed E-state index contributed by atoms with van der Waals surface area (Å²) in [5.74, 6) is 1.67. The van der Waals surface area contributed by atoms with Gasteiger partial charge in [-0.15, -0.1) is 0 Å². The Balaban J connectivity index is 1.12. The van der Waals surface area contributed by atoms with Crippen LogP contribution in [0.2, 0.25) is 0 Å². The van der Waals surface area contributed by atoms with Crippen molar-refractivity contribution in [1.82, 2.24) is 15.0 Å². The zero-order valence-corrected chi connectivity index (χ0v) is 27.0. The maximum Gasteiger partial charge on any atom is 0.167 e. The largest absolute Gasteiger partial charge is 0.456 e. The maximum absolute atomic E-state index is 6.63. The van der Waals surface area contributed by atoms with Crippen molar-refractivity contribution in [3.63, 3.8) is 0 Å². The molecule has 6 nitrogen and oxygen atoms in total. The van der Waals surface area contributed by atoms with Crippen molar-refractivity contribution in [1.29, 1.82) is 0 Å². The monoisotopic (exact) mass is 655 g/mol.